The molecule has 2 bridgehead atoms. The largest absolute Gasteiger partial charge is 1.00 e. The average molecular weight is 359 g/mol. The van der Waals surface area contributed by atoms with E-state index >= 15 is 0 Å². The lowest BCUT2D eigenvalue weighted by Crippen LogP contribution is -3.00. The molecule has 1 aromatic rings. The molecule has 136 valence electrons. The van der Waals surface area contributed by atoms with Crippen LogP contribution in [0.5, 0.6) is 12.0 Å². The minimum atomic E-state index is -0.269. The Hall–Kier alpha value is -1.18. The first-order valence-corrected chi connectivity index (χ1v) is 8.73. The lowest BCUT2D eigenvalue weighted by atomic mass is 9.84. The van der Waals surface area contributed by atoms with Crippen molar-refractivity contribution >= 4 is 5.95 Å². The highest BCUT2D eigenvalue weighted by atomic mass is 35.5. The van der Waals surface area contributed by atoms with E-state index in [0.717, 1.165) is 38.8 Å². The number of hydrogen-bond donors (Lipinski definition) is 1. The van der Waals surface area contributed by atoms with Crippen LogP contribution in [0, 0.1) is 5.92 Å². The Morgan fingerprint density at radius 2 is 1.54 bits per heavy atom. The summed E-state index contributed by atoms with van der Waals surface area (Å²) in [5.41, 5.74) is 0. The standard InChI is InChI=1S/C16H27N4O3.ClH/c1-3-9-22-15-17-14(18-16(19-15)23-10-4-2)20-7-5-12(6-8-20)13(21)11-20;/h12-13,21H,3-11H2,1-2H3;1H/q+1;/p-1. The van der Waals surface area contributed by atoms with E-state index in [1.165, 1.54) is 0 Å². The molecule has 24 heavy (non-hydrogen) atoms. The van der Waals surface area contributed by atoms with E-state index in [2.05, 4.69) is 15.0 Å². The third kappa shape index (κ3) is 3.90. The van der Waals surface area contributed by atoms with Crippen LogP contribution in [0.4, 0.5) is 5.95 Å². The lowest BCUT2D eigenvalue weighted by molar-refractivity contribution is -0.0227. The fourth-order valence-corrected chi connectivity index (χ4v) is 3.49. The van der Waals surface area contributed by atoms with E-state index in [4.69, 9.17) is 9.47 Å². The number of aliphatic hydroxyl groups is 1. The van der Waals surface area contributed by atoms with Crippen LogP contribution in [0.3, 0.4) is 0 Å². The number of fused-ring (bicyclic) bond motifs is 3. The second kappa shape index (κ2) is 8.27. The number of halogens is 1. The number of aromatic nitrogens is 3. The van der Waals surface area contributed by atoms with Gasteiger partial charge in [0.1, 0.15) is 12.6 Å². The summed E-state index contributed by atoms with van der Waals surface area (Å²) in [6.07, 6.45) is 3.56. The molecule has 3 saturated heterocycles. The summed E-state index contributed by atoms with van der Waals surface area (Å²) in [4.78, 5) is 13.3. The minimum absolute atomic E-state index is 0. The molecule has 3 aliphatic rings. The third-order valence-electron chi connectivity index (χ3n) is 4.81. The van der Waals surface area contributed by atoms with Crippen molar-refractivity contribution in [2.75, 3.05) is 32.8 Å². The van der Waals surface area contributed by atoms with Gasteiger partial charge in [0.05, 0.1) is 26.3 Å². The Bertz CT molecular complexity index is 512. The van der Waals surface area contributed by atoms with E-state index in [-0.39, 0.29) is 18.5 Å². The molecule has 4 heterocycles. The van der Waals surface area contributed by atoms with E-state index < -0.39 is 0 Å². The molecule has 0 saturated carbocycles. The van der Waals surface area contributed by atoms with Gasteiger partial charge < -0.3 is 27.0 Å². The fraction of sp³-hybridized carbons (Fsp3) is 0.812. The zero-order valence-electron chi connectivity index (χ0n) is 14.4. The third-order valence-corrected chi connectivity index (χ3v) is 4.81. The molecule has 3 fully saturated rings. The Morgan fingerprint density at radius 3 is 2.00 bits per heavy atom. The summed E-state index contributed by atoms with van der Waals surface area (Å²) in [5.74, 6) is 1.11. The van der Waals surface area contributed by atoms with Gasteiger partial charge in [-0.1, -0.05) is 13.8 Å². The molecule has 0 radical (unpaired) electrons. The van der Waals surface area contributed by atoms with Gasteiger partial charge in [0, 0.05) is 18.8 Å². The maximum Gasteiger partial charge on any atom is 0.338 e. The van der Waals surface area contributed by atoms with Crippen LogP contribution in [0.15, 0.2) is 0 Å². The van der Waals surface area contributed by atoms with E-state index in [9.17, 15) is 5.11 Å². The first kappa shape index (κ1) is 19.1. The molecule has 4 rings (SSSR count). The highest BCUT2D eigenvalue weighted by Gasteiger charge is 2.49. The van der Waals surface area contributed by atoms with Gasteiger partial charge >= 0.3 is 18.0 Å². The van der Waals surface area contributed by atoms with Crippen LogP contribution in [-0.2, 0) is 0 Å². The van der Waals surface area contributed by atoms with Gasteiger partial charge in [-0.3, -0.25) is 4.48 Å². The smallest absolute Gasteiger partial charge is 0.338 e. The maximum atomic E-state index is 10.3. The van der Waals surface area contributed by atoms with Crippen LogP contribution >= 0.6 is 0 Å². The predicted molar refractivity (Wildman–Crippen MR) is 86.5 cm³/mol. The number of hydrogen-bond acceptors (Lipinski definition) is 6. The highest BCUT2D eigenvalue weighted by molar-refractivity contribution is 5.31. The molecule has 0 spiro atoms. The van der Waals surface area contributed by atoms with Gasteiger partial charge in [-0.2, -0.15) is 0 Å². The van der Waals surface area contributed by atoms with Gasteiger partial charge in [0.25, 0.3) is 0 Å². The number of nitrogens with zero attached hydrogens (tertiary/aromatic N) is 4. The zero-order chi connectivity index (χ0) is 16.3. The molecule has 0 aliphatic carbocycles. The highest BCUT2D eigenvalue weighted by Crippen LogP contribution is 2.37. The Morgan fingerprint density at radius 1 is 1.00 bits per heavy atom. The number of rotatable bonds is 7. The van der Waals surface area contributed by atoms with Crippen LogP contribution in [0.1, 0.15) is 39.5 Å². The predicted octanol–water partition coefficient (Wildman–Crippen LogP) is -1.45. The zero-order valence-corrected chi connectivity index (χ0v) is 15.2. The van der Waals surface area contributed by atoms with E-state index in [0.29, 0.717) is 48.1 Å². The Balaban J connectivity index is 0.00000208. The molecule has 1 atom stereocenters. The molecule has 1 aromatic heterocycles. The second-order valence-corrected chi connectivity index (χ2v) is 6.58. The molecule has 1 N–H and O–H groups in total. The Labute approximate surface area is 149 Å². The SMILES string of the molecule is CCCOc1nc(OCCC)nc([N+]23CCC(CC2)C(O)C3)n1.[Cl-]. The number of ether oxygens (including phenoxy) is 2. The van der Waals surface area contributed by atoms with Crippen molar-refractivity contribution in [3.8, 4) is 12.0 Å². The van der Waals surface area contributed by atoms with Crippen molar-refractivity contribution < 1.29 is 27.0 Å². The average Bonchev–Trinajstić information content (AvgIpc) is 2.59. The summed E-state index contributed by atoms with van der Waals surface area (Å²) in [7, 11) is 0. The molecular formula is C16H27ClN4O3. The lowest BCUT2D eigenvalue weighted by Gasteiger charge is -2.48. The van der Waals surface area contributed by atoms with Gasteiger partial charge in [0.2, 0.25) is 0 Å². The van der Waals surface area contributed by atoms with Crippen LogP contribution in [-0.4, -0.2) is 59.0 Å². The minimum Gasteiger partial charge on any atom is -1.00 e. The van der Waals surface area contributed by atoms with Gasteiger partial charge in [-0.25, -0.2) is 0 Å². The number of aliphatic hydroxyl groups excluding tert-OH is 1. The van der Waals surface area contributed by atoms with Crippen molar-refractivity contribution in [3.05, 3.63) is 0 Å². The van der Waals surface area contributed by atoms with Crippen molar-refractivity contribution in [3.63, 3.8) is 0 Å². The van der Waals surface area contributed by atoms with Crippen molar-refractivity contribution in [1.82, 2.24) is 19.4 Å². The molecule has 0 amide bonds. The molecule has 1 unspecified atom stereocenters. The number of piperidine rings is 3. The van der Waals surface area contributed by atoms with Crippen LogP contribution in [0.2, 0.25) is 0 Å². The summed E-state index contributed by atoms with van der Waals surface area (Å²) in [6, 6.07) is 0.662. The van der Waals surface area contributed by atoms with Gasteiger partial charge in [-0.15, -0.1) is 15.0 Å². The Kier molecular flexibility index (Phi) is 6.60. The number of quaternary nitrogens is 1. The van der Waals surface area contributed by atoms with E-state index in [1.54, 1.807) is 0 Å². The van der Waals surface area contributed by atoms with Crippen molar-refractivity contribution in [2.24, 2.45) is 5.92 Å². The molecule has 0 aromatic carbocycles. The summed E-state index contributed by atoms with van der Waals surface area (Å²) in [6.45, 7) is 7.84. The monoisotopic (exact) mass is 358 g/mol. The molecule has 8 heteroatoms. The van der Waals surface area contributed by atoms with Gasteiger partial charge in [0.15, 0.2) is 0 Å². The second-order valence-electron chi connectivity index (χ2n) is 6.58. The fourth-order valence-electron chi connectivity index (χ4n) is 3.49. The first-order valence-electron chi connectivity index (χ1n) is 8.73. The van der Waals surface area contributed by atoms with Crippen molar-refractivity contribution in [1.29, 1.82) is 0 Å². The van der Waals surface area contributed by atoms with Gasteiger partial charge in [-0.05, 0) is 12.8 Å². The van der Waals surface area contributed by atoms with E-state index in [1.807, 2.05) is 13.8 Å². The maximum absolute atomic E-state index is 10.3. The van der Waals surface area contributed by atoms with Crippen LogP contribution in [0.25, 0.3) is 0 Å². The topological polar surface area (TPSA) is 77.4 Å². The first-order chi connectivity index (χ1) is 11.2. The molecule has 3 aliphatic heterocycles. The van der Waals surface area contributed by atoms with Crippen LogP contribution < -0.4 is 26.4 Å². The van der Waals surface area contributed by atoms with Crippen molar-refractivity contribution in [2.45, 2.75) is 45.6 Å². The molecule has 7 nitrogen and oxygen atoms in total. The molecular weight excluding hydrogens is 332 g/mol. The quantitative estimate of drug-likeness (QED) is 0.601. The summed E-state index contributed by atoms with van der Waals surface area (Å²) in [5, 5.41) is 10.3. The summed E-state index contributed by atoms with van der Waals surface area (Å²) >= 11 is 0. The normalized spacial score (nSPS) is 28.3. The summed E-state index contributed by atoms with van der Waals surface area (Å²) < 4.78 is 11.9.